The second-order valence-corrected chi connectivity index (χ2v) is 7.13. The highest BCUT2D eigenvalue weighted by atomic mass is 16.1. The molecule has 5 heteroatoms. The van der Waals surface area contributed by atoms with Gasteiger partial charge in [0.2, 0.25) is 0 Å². The van der Waals surface area contributed by atoms with Crippen molar-refractivity contribution in [3.63, 3.8) is 0 Å². The number of ketones is 1. The highest BCUT2D eigenvalue weighted by Gasteiger charge is 2.16. The minimum absolute atomic E-state index is 0.00304. The number of hydrogen-bond acceptors (Lipinski definition) is 3. The molecule has 1 aromatic carbocycles. The van der Waals surface area contributed by atoms with Gasteiger partial charge in [0.1, 0.15) is 11.3 Å². The number of aromatic amines is 2. The molecule has 0 spiro atoms. The van der Waals surface area contributed by atoms with Crippen molar-refractivity contribution in [3.8, 4) is 11.3 Å². The van der Waals surface area contributed by atoms with Crippen LogP contribution in [-0.4, -0.2) is 25.9 Å². The molecule has 0 saturated carbocycles. The van der Waals surface area contributed by atoms with Crippen LogP contribution in [0.2, 0.25) is 0 Å². The van der Waals surface area contributed by atoms with Crippen LogP contribution in [0.1, 0.15) is 38.4 Å². The zero-order valence-electron chi connectivity index (χ0n) is 16.0. The lowest BCUT2D eigenvalue weighted by molar-refractivity contribution is 0.0987. The van der Waals surface area contributed by atoms with Crippen LogP contribution < -0.4 is 0 Å². The number of Topliss-reactive ketones (excluding diaryl/α,β-unsaturated/α-hetero) is 1. The van der Waals surface area contributed by atoms with Crippen molar-refractivity contribution in [2.45, 2.75) is 34.1 Å². The highest BCUT2D eigenvalue weighted by Crippen LogP contribution is 2.28. The fraction of sp³-hybridized carbons (Fsp3) is 0.227. The molecule has 0 aliphatic rings. The molecule has 5 nitrogen and oxygen atoms in total. The van der Waals surface area contributed by atoms with E-state index in [4.69, 9.17) is 0 Å². The molecule has 0 aliphatic heterocycles. The molecule has 0 radical (unpaired) electrons. The van der Waals surface area contributed by atoms with Gasteiger partial charge >= 0.3 is 0 Å². The van der Waals surface area contributed by atoms with Crippen LogP contribution in [-0.2, 0) is 6.42 Å². The molecule has 0 saturated heterocycles. The molecule has 3 aromatic heterocycles. The molecule has 0 atom stereocenters. The van der Waals surface area contributed by atoms with Crippen LogP contribution in [0.15, 0.2) is 36.5 Å². The largest absolute Gasteiger partial charge is 0.339 e. The van der Waals surface area contributed by atoms with Crippen molar-refractivity contribution in [1.29, 1.82) is 0 Å². The first-order chi connectivity index (χ1) is 12.9. The van der Waals surface area contributed by atoms with Gasteiger partial charge in [-0.25, -0.2) is 4.98 Å². The number of aromatic nitrogens is 4. The SMILES string of the molecule is Cc1cccc(-c2cc3cc(CC(=O)c4n[nH]c(C)c4C)cnc3[nH]2)c1C. The Bertz CT molecular complexity index is 1170. The van der Waals surface area contributed by atoms with E-state index in [1.54, 1.807) is 6.20 Å². The van der Waals surface area contributed by atoms with Crippen LogP contribution >= 0.6 is 0 Å². The van der Waals surface area contributed by atoms with Gasteiger partial charge in [0, 0.05) is 40.5 Å². The summed E-state index contributed by atoms with van der Waals surface area (Å²) in [6, 6.07) is 10.4. The third kappa shape index (κ3) is 3.05. The minimum atomic E-state index is 0.00304. The van der Waals surface area contributed by atoms with E-state index in [0.29, 0.717) is 5.69 Å². The summed E-state index contributed by atoms with van der Waals surface area (Å²) in [4.78, 5) is 20.5. The number of carbonyl (C=O) groups excluding carboxylic acids is 1. The van der Waals surface area contributed by atoms with E-state index >= 15 is 0 Å². The molecule has 4 rings (SSSR count). The minimum Gasteiger partial charge on any atom is -0.339 e. The molecule has 0 aliphatic carbocycles. The third-order valence-corrected chi connectivity index (χ3v) is 5.30. The normalized spacial score (nSPS) is 11.3. The van der Waals surface area contributed by atoms with E-state index in [1.807, 2.05) is 19.9 Å². The number of nitrogens with one attached hydrogen (secondary N) is 2. The van der Waals surface area contributed by atoms with Crippen LogP contribution in [0.4, 0.5) is 0 Å². The molecular weight excluding hydrogens is 336 g/mol. The van der Waals surface area contributed by atoms with Crippen molar-refractivity contribution < 1.29 is 4.79 Å². The van der Waals surface area contributed by atoms with Crippen molar-refractivity contribution in [2.75, 3.05) is 0 Å². The lowest BCUT2D eigenvalue weighted by Gasteiger charge is -2.06. The first-order valence-corrected chi connectivity index (χ1v) is 9.03. The average Bonchev–Trinajstić information content (AvgIpc) is 3.20. The van der Waals surface area contributed by atoms with Crippen LogP contribution in [0, 0.1) is 27.7 Å². The highest BCUT2D eigenvalue weighted by molar-refractivity contribution is 5.97. The Labute approximate surface area is 157 Å². The number of hydrogen-bond donors (Lipinski definition) is 2. The van der Waals surface area contributed by atoms with Crippen LogP contribution in [0.25, 0.3) is 22.3 Å². The second kappa shape index (κ2) is 6.50. The van der Waals surface area contributed by atoms with Gasteiger partial charge in [-0.2, -0.15) is 5.10 Å². The van der Waals surface area contributed by atoms with Gasteiger partial charge in [-0.3, -0.25) is 9.89 Å². The van der Waals surface area contributed by atoms with Gasteiger partial charge in [0.05, 0.1) is 0 Å². The Morgan fingerprint density at radius 1 is 1.07 bits per heavy atom. The van der Waals surface area contributed by atoms with Gasteiger partial charge < -0.3 is 4.98 Å². The summed E-state index contributed by atoms with van der Waals surface area (Å²) in [5.41, 5.74) is 8.79. The molecule has 2 N–H and O–H groups in total. The number of H-pyrrole nitrogens is 2. The molecule has 3 heterocycles. The predicted molar refractivity (Wildman–Crippen MR) is 107 cm³/mol. The Morgan fingerprint density at radius 2 is 1.89 bits per heavy atom. The van der Waals surface area contributed by atoms with Gasteiger partial charge in [-0.05, 0) is 56.5 Å². The number of rotatable bonds is 4. The van der Waals surface area contributed by atoms with Crippen molar-refractivity contribution in [1.82, 2.24) is 20.2 Å². The number of aryl methyl sites for hydroxylation is 2. The van der Waals surface area contributed by atoms with Gasteiger partial charge in [-0.15, -0.1) is 0 Å². The molecule has 0 amide bonds. The summed E-state index contributed by atoms with van der Waals surface area (Å²) < 4.78 is 0. The molecule has 0 unspecified atom stereocenters. The molecule has 27 heavy (non-hydrogen) atoms. The van der Waals surface area contributed by atoms with Gasteiger partial charge in [0.15, 0.2) is 5.78 Å². The summed E-state index contributed by atoms with van der Waals surface area (Å²) in [5.74, 6) is 0.00304. The molecular formula is C22H22N4O. The number of nitrogens with zero attached hydrogens (tertiary/aromatic N) is 2. The fourth-order valence-electron chi connectivity index (χ4n) is 3.37. The third-order valence-electron chi connectivity index (χ3n) is 5.30. The number of fused-ring (bicyclic) bond motifs is 1. The van der Waals surface area contributed by atoms with Crippen molar-refractivity contribution in [3.05, 3.63) is 70.2 Å². The smallest absolute Gasteiger partial charge is 0.187 e. The zero-order valence-corrected chi connectivity index (χ0v) is 16.0. The van der Waals surface area contributed by atoms with E-state index in [1.165, 1.54) is 16.7 Å². The first kappa shape index (κ1) is 17.2. The zero-order chi connectivity index (χ0) is 19.1. The fourth-order valence-corrected chi connectivity index (χ4v) is 3.37. The van der Waals surface area contributed by atoms with Gasteiger partial charge in [-0.1, -0.05) is 18.2 Å². The molecule has 0 fully saturated rings. The lowest BCUT2D eigenvalue weighted by Crippen LogP contribution is -2.06. The first-order valence-electron chi connectivity index (χ1n) is 9.03. The summed E-state index contributed by atoms with van der Waals surface area (Å²) in [7, 11) is 0. The topological polar surface area (TPSA) is 74.4 Å². The van der Waals surface area contributed by atoms with Crippen molar-refractivity contribution in [2.24, 2.45) is 0 Å². The maximum absolute atomic E-state index is 12.6. The molecule has 0 bridgehead atoms. The van der Waals surface area contributed by atoms with E-state index < -0.39 is 0 Å². The van der Waals surface area contributed by atoms with E-state index in [-0.39, 0.29) is 12.2 Å². The maximum Gasteiger partial charge on any atom is 0.187 e. The summed E-state index contributed by atoms with van der Waals surface area (Å²) in [6.07, 6.45) is 2.05. The lowest BCUT2D eigenvalue weighted by atomic mass is 10.0. The van der Waals surface area contributed by atoms with E-state index in [9.17, 15) is 4.79 Å². The molecule has 136 valence electrons. The number of pyridine rings is 1. The predicted octanol–water partition coefficient (Wildman–Crippen LogP) is 4.61. The summed E-state index contributed by atoms with van der Waals surface area (Å²) in [5, 5.41) is 8.01. The second-order valence-electron chi connectivity index (χ2n) is 7.13. The van der Waals surface area contributed by atoms with E-state index in [2.05, 4.69) is 58.3 Å². The Kier molecular flexibility index (Phi) is 4.15. The number of carbonyl (C=O) groups is 1. The Balaban J connectivity index is 1.66. The monoisotopic (exact) mass is 358 g/mol. The standard InChI is InChI=1S/C22H22N4O/c1-12-6-5-7-18(13(12)2)19-10-17-8-16(11-23-22(17)24-19)9-20(27)21-14(3)15(4)25-26-21/h5-8,10-11H,9H2,1-4H3,(H,23,24)(H,25,26). The van der Waals surface area contributed by atoms with Crippen LogP contribution in [0.5, 0.6) is 0 Å². The van der Waals surface area contributed by atoms with E-state index in [0.717, 1.165) is 33.5 Å². The number of benzene rings is 1. The Hall–Kier alpha value is -3.21. The Morgan fingerprint density at radius 3 is 2.63 bits per heavy atom. The van der Waals surface area contributed by atoms with Crippen LogP contribution in [0.3, 0.4) is 0 Å². The quantitative estimate of drug-likeness (QED) is 0.523. The maximum atomic E-state index is 12.6. The summed E-state index contributed by atoms with van der Waals surface area (Å²) in [6.45, 7) is 8.07. The van der Waals surface area contributed by atoms with Crippen molar-refractivity contribution >= 4 is 16.8 Å². The van der Waals surface area contributed by atoms with Gasteiger partial charge in [0.25, 0.3) is 0 Å². The average molecular weight is 358 g/mol. The summed E-state index contributed by atoms with van der Waals surface area (Å²) >= 11 is 0. The molecule has 4 aromatic rings.